The lowest BCUT2D eigenvalue weighted by molar-refractivity contribution is -0.125. The maximum absolute atomic E-state index is 11.8. The third kappa shape index (κ3) is 2.94. The number of amides is 1. The second-order valence-corrected chi connectivity index (χ2v) is 5.59. The second kappa shape index (κ2) is 5.63. The smallest absolute Gasteiger partial charge is 0.338 e. The molecule has 1 aromatic carbocycles. The lowest BCUT2D eigenvalue weighted by Crippen LogP contribution is -2.37. The fraction of sp³-hybridized carbons (Fsp3) is 0.467. The first-order chi connectivity index (χ1) is 9.87. The van der Waals surface area contributed by atoms with Crippen LogP contribution in [0, 0.1) is 5.41 Å². The first-order valence-corrected chi connectivity index (χ1v) is 6.99. The van der Waals surface area contributed by atoms with Gasteiger partial charge in [-0.25, -0.2) is 4.79 Å². The highest BCUT2D eigenvalue weighted by Crippen LogP contribution is 2.35. The lowest BCUT2D eigenvalue weighted by atomic mass is 9.89. The van der Waals surface area contributed by atoms with E-state index in [4.69, 9.17) is 16.2 Å². The number of primary amides is 1. The minimum absolute atomic E-state index is 0.315. The van der Waals surface area contributed by atoms with Gasteiger partial charge in [0.15, 0.2) is 0 Å². The third-order valence-corrected chi connectivity index (χ3v) is 3.95. The fourth-order valence-corrected chi connectivity index (χ4v) is 2.53. The molecule has 0 saturated carbocycles. The molecule has 1 unspecified atom stereocenters. The van der Waals surface area contributed by atoms with Crippen LogP contribution in [0.4, 0.5) is 11.4 Å². The molecule has 114 valence electrons. The summed E-state index contributed by atoms with van der Waals surface area (Å²) in [6, 6.07) is 5.03. The van der Waals surface area contributed by atoms with Crippen molar-refractivity contribution in [2.75, 3.05) is 30.3 Å². The van der Waals surface area contributed by atoms with Crippen LogP contribution < -0.4 is 16.4 Å². The number of anilines is 2. The Balaban J connectivity index is 2.26. The van der Waals surface area contributed by atoms with E-state index in [1.54, 1.807) is 25.1 Å². The number of hydrogen-bond acceptors (Lipinski definition) is 5. The molecule has 1 aliphatic rings. The molecular formula is C15H21N3O3. The summed E-state index contributed by atoms with van der Waals surface area (Å²) in [5, 5.41) is 0. The van der Waals surface area contributed by atoms with Crippen LogP contribution in [0.2, 0.25) is 0 Å². The molecular weight excluding hydrogens is 270 g/mol. The summed E-state index contributed by atoms with van der Waals surface area (Å²) < 4.78 is 4.99. The summed E-state index contributed by atoms with van der Waals surface area (Å²) in [6.07, 6.45) is 0.672. The Morgan fingerprint density at radius 1 is 1.43 bits per heavy atom. The minimum atomic E-state index is -0.563. The van der Waals surface area contributed by atoms with Crippen LogP contribution >= 0.6 is 0 Å². The highest BCUT2D eigenvalue weighted by atomic mass is 16.5. The number of carbonyl (C=O) groups excluding carboxylic acids is 2. The number of ether oxygens (including phenoxy) is 1. The first-order valence-electron chi connectivity index (χ1n) is 6.99. The Bertz CT molecular complexity index is 573. The van der Waals surface area contributed by atoms with Crippen LogP contribution in [0.3, 0.4) is 0 Å². The van der Waals surface area contributed by atoms with Gasteiger partial charge in [-0.2, -0.15) is 0 Å². The molecule has 4 N–H and O–H groups in total. The van der Waals surface area contributed by atoms with Crippen LogP contribution in [0.25, 0.3) is 0 Å². The number of nitrogens with two attached hydrogens (primary N) is 2. The molecule has 1 amide bonds. The van der Waals surface area contributed by atoms with Gasteiger partial charge < -0.3 is 21.1 Å². The second-order valence-electron chi connectivity index (χ2n) is 5.59. The van der Waals surface area contributed by atoms with Crippen LogP contribution in [0.15, 0.2) is 18.2 Å². The Labute approximate surface area is 124 Å². The van der Waals surface area contributed by atoms with E-state index in [-0.39, 0.29) is 11.9 Å². The average molecular weight is 291 g/mol. The summed E-state index contributed by atoms with van der Waals surface area (Å²) in [5.74, 6) is -0.694. The molecule has 6 heteroatoms. The quantitative estimate of drug-likeness (QED) is 0.640. The SMILES string of the molecule is CCOC(=O)c1ccc(N)c(N2CCC(C)(C(N)=O)C2)c1. The van der Waals surface area contributed by atoms with E-state index in [1.165, 1.54) is 0 Å². The summed E-state index contributed by atoms with van der Waals surface area (Å²) in [6.45, 7) is 5.10. The molecule has 6 nitrogen and oxygen atoms in total. The number of nitrogen functional groups attached to an aromatic ring is 1. The van der Waals surface area contributed by atoms with Crippen molar-refractivity contribution < 1.29 is 14.3 Å². The number of benzene rings is 1. The topological polar surface area (TPSA) is 98.7 Å². The molecule has 2 rings (SSSR count). The monoisotopic (exact) mass is 291 g/mol. The van der Waals surface area contributed by atoms with Crippen molar-refractivity contribution in [2.45, 2.75) is 20.3 Å². The molecule has 0 spiro atoms. The minimum Gasteiger partial charge on any atom is -0.462 e. The molecule has 1 aliphatic heterocycles. The molecule has 1 saturated heterocycles. The maximum atomic E-state index is 11.8. The Morgan fingerprint density at radius 2 is 2.14 bits per heavy atom. The summed E-state index contributed by atoms with van der Waals surface area (Å²) in [5.41, 5.74) is 12.7. The van der Waals surface area contributed by atoms with E-state index in [1.807, 2.05) is 11.8 Å². The van der Waals surface area contributed by atoms with Crippen LogP contribution in [-0.4, -0.2) is 31.6 Å². The number of carbonyl (C=O) groups is 2. The van der Waals surface area contributed by atoms with Crippen molar-refractivity contribution in [1.82, 2.24) is 0 Å². The Hall–Kier alpha value is -2.24. The molecule has 21 heavy (non-hydrogen) atoms. The van der Waals surface area contributed by atoms with Gasteiger partial charge in [-0.3, -0.25) is 4.79 Å². The van der Waals surface area contributed by atoms with Crippen molar-refractivity contribution in [3.8, 4) is 0 Å². The molecule has 0 bridgehead atoms. The molecule has 1 fully saturated rings. The number of nitrogens with zero attached hydrogens (tertiary/aromatic N) is 1. The Kier molecular flexibility index (Phi) is 4.06. The van der Waals surface area contributed by atoms with E-state index in [0.717, 1.165) is 5.69 Å². The molecule has 1 atom stereocenters. The van der Waals surface area contributed by atoms with Crippen molar-refractivity contribution in [3.05, 3.63) is 23.8 Å². The zero-order valence-electron chi connectivity index (χ0n) is 12.4. The molecule has 0 aliphatic carbocycles. The summed E-state index contributed by atoms with van der Waals surface area (Å²) >= 11 is 0. The molecule has 0 radical (unpaired) electrons. The van der Waals surface area contributed by atoms with Crippen molar-refractivity contribution >= 4 is 23.3 Å². The van der Waals surface area contributed by atoms with Gasteiger partial charge in [-0.05, 0) is 38.5 Å². The van der Waals surface area contributed by atoms with Crippen molar-refractivity contribution in [3.63, 3.8) is 0 Å². The molecule has 1 aromatic rings. The highest BCUT2D eigenvalue weighted by Gasteiger charge is 2.39. The third-order valence-electron chi connectivity index (χ3n) is 3.95. The maximum Gasteiger partial charge on any atom is 0.338 e. The predicted octanol–water partition coefficient (Wildman–Crippen LogP) is 1.15. The molecule has 0 aromatic heterocycles. The highest BCUT2D eigenvalue weighted by molar-refractivity contribution is 5.92. The van der Waals surface area contributed by atoms with Crippen LogP contribution in [0.5, 0.6) is 0 Å². The van der Waals surface area contributed by atoms with Gasteiger partial charge in [0.05, 0.1) is 29.0 Å². The first kappa shape index (κ1) is 15.2. The van der Waals surface area contributed by atoms with E-state index in [0.29, 0.717) is 37.4 Å². The number of hydrogen-bond donors (Lipinski definition) is 2. The largest absolute Gasteiger partial charge is 0.462 e. The van der Waals surface area contributed by atoms with Crippen molar-refractivity contribution in [2.24, 2.45) is 11.1 Å². The van der Waals surface area contributed by atoms with Gasteiger partial charge in [0, 0.05) is 13.1 Å². The lowest BCUT2D eigenvalue weighted by Gasteiger charge is -2.24. The Morgan fingerprint density at radius 3 is 2.71 bits per heavy atom. The van der Waals surface area contributed by atoms with Crippen LogP contribution in [0.1, 0.15) is 30.6 Å². The predicted molar refractivity (Wildman–Crippen MR) is 80.9 cm³/mol. The van der Waals surface area contributed by atoms with E-state index < -0.39 is 5.41 Å². The average Bonchev–Trinajstić information content (AvgIpc) is 2.83. The summed E-state index contributed by atoms with van der Waals surface area (Å²) in [4.78, 5) is 25.3. The summed E-state index contributed by atoms with van der Waals surface area (Å²) in [7, 11) is 0. The normalized spacial score (nSPS) is 21.3. The van der Waals surface area contributed by atoms with Gasteiger partial charge in [0.2, 0.25) is 5.91 Å². The van der Waals surface area contributed by atoms with E-state index in [2.05, 4.69) is 0 Å². The van der Waals surface area contributed by atoms with Gasteiger partial charge in [-0.15, -0.1) is 0 Å². The number of rotatable bonds is 4. The zero-order valence-corrected chi connectivity index (χ0v) is 12.4. The van der Waals surface area contributed by atoms with Crippen LogP contribution in [-0.2, 0) is 9.53 Å². The zero-order chi connectivity index (χ0) is 15.6. The fourth-order valence-electron chi connectivity index (χ4n) is 2.53. The number of esters is 1. The van der Waals surface area contributed by atoms with Gasteiger partial charge in [0.1, 0.15) is 0 Å². The van der Waals surface area contributed by atoms with E-state index in [9.17, 15) is 9.59 Å². The standard InChI is InChI=1S/C15H21N3O3/c1-3-21-13(19)10-4-5-11(16)12(8-10)18-7-6-15(2,9-18)14(17)20/h4-5,8H,3,6-7,9,16H2,1-2H3,(H2,17,20). The van der Waals surface area contributed by atoms with E-state index >= 15 is 0 Å². The van der Waals surface area contributed by atoms with Gasteiger partial charge >= 0.3 is 5.97 Å². The molecule has 1 heterocycles. The van der Waals surface area contributed by atoms with Gasteiger partial charge in [0.25, 0.3) is 0 Å². The van der Waals surface area contributed by atoms with Gasteiger partial charge in [-0.1, -0.05) is 0 Å². The van der Waals surface area contributed by atoms with Crippen molar-refractivity contribution in [1.29, 1.82) is 0 Å².